The number of rotatable bonds is 6. The minimum Gasteiger partial charge on any atom is -0.493 e. The number of amides is 2. The normalized spacial score (nSPS) is 16.2. The second-order valence-corrected chi connectivity index (χ2v) is 7.76. The smallest absolute Gasteiger partial charge is 0.321 e. The number of urea groups is 1. The molecule has 1 N–H and O–H groups in total. The average molecular weight is 415 g/mol. The minimum absolute atomic E-state index is 0.0984. The van der Waals surface area contributed by atoms with Crippen molar-refractivity contribution in [1.29, 1.82) is 0 Å². The van der Waals surface area contributed by atoms with Crippen molar-refractivity contribution >= 4 is 29.3 Å². The third kappa shape index (κ3) is 5.03. The van der Waals surface area contributed by atoms with E-state index in [2.05, 4.69) is 5.32 Å². The number of benzene rings is 2. The molecule has 6 nitrogen and oxygen atoms in total. The summed E-state index contributed by atoms with van der Waals surface area (Å²) in [6, 6.07) is 12.7. The summed E-state index contributed by atoms with van der Waals surface area (Å²) >= 11 is 1.65. The van der Waals surface area contributed by atoms with Gasteiger partial charge in [0.25, 0.3) is 0 Å². The highest BCUT2D eigenvalue weighted by molar-refractivity contribution is 7.98. The number of piperidine rings is 1. The minimum atomic E-state index is -0.215. The lowest BCUT2D eigenvalue weighted by Crippen LogP contribution is -2.44. The van der Waals surface area contributed by atoms with E-state index in [1.165, 1.54) is 0 Å². The topological polar surface area (TPSA) is 67.9 Å². The third-order valence-electron chi connectivity index (χ3n) is 5.09. The average Bonchev–Trinajstić information content (AvgIpc) is 2.78. The molecule has 154 valence electrons. The van der Waals surface area contributed by atoms with Gasteiger partial charge in [-0.2, -0.15) is 0 Å². The SMILES string of the molecule is COc1ccc(NC(=O)N2CCCC(C(=O)c3ccc(SC)cc3)C2)cc1OC. The van der Waals surface area contributed by atoms with Crippen molar-refractivity contribution in [2.24, 2.45) is 5.92 Å². The van der Waals surface area contributed by atoms with Gasteiger partial charge in [0.05, 0.1) is 14.2 Å². The summed E-state index contributed by atoms with van der Waals surface area (Å²) in [6.45, 7) is 1.05. The molecule has 1 unspecified atom stereocenters. The number of thioether (sulfide) groups is 1. The van der Waals surface area contributed by atoms with Crippen molar-refractivity contribution in [2.45, 2.75) is 17.7 Å². The molecule has 1 fully saturated rings. The van der Waals surface area contributed by atoms with Crippen molar-refractivity contribution in [1.82, 2.24) is 4.90 Å². The van der Waals surface area contributed by atoms with E-state index in [4.69, 9.17) is 9.47 Å². The predicted octanol–water partition coefficient (Wildman–Crippen LogP) is 4.55. The third-order valence-corrected chi connectivity index (χ3v) is 5.83. The first-order valence-corrected chi connectivity index (χ1v) is 10.7. The number of methoxy groups -OCH3 is 2. The van der Waals surface area contributed by atoms with Gasteiger partial charge in [-0.3, -0.25) is 4.79 Å². The van der Waals surface area contributed by atoms with Gasteiger partial charge in [-0.25, -0.2) is 4.79 Å². The van der Waals surface area contributed by atoms with E-state index in [0.29, 0.717) is 35.8 Å². The summed E-state index contributed by atoms with van der Waals surface area (Å²) < 4.78 is 10.5. The molecule has 2 aromatic carbocycles. The highest BCUT2D eigenvalue weighted by Crippen LogP contribution is 2.30. The van der Waals surface area contributed by atoms with Gasteiger partial charge >= 0.3 is 6.03 Å². The van der Waals surface area contributed by atoms with E-state index in [1.807, 2.05) is 30.5 Å². The zero-order valence-corrected chi connectivity index (χ0v) is 17.8. The number of likely N-dealkylation sites (tertiary alicyclic amines) is 1. The Hall–Kier alpha value is -2.67. The van der Waals surface area contributed by atoms with Crippen LogP contribution in [-0.2, 0) is 0 Å². The Balaban J connectivity index is 1.65. The number of ketones is 1. The zero-order chi connectivity index (χ0) is 20.8. The largest absolute Gasteiger partial charge is 0.493 e. The number of carbonyl (C=O) groups is 2. The molecule has 2 aromatic rings. The molecule has 0 saturated carbocycles. The fourth-order valence-electron chi connectivity index (χ4n) is 3.48. The van der Waals surface area contributed by atoms with Crippen LogP contribution in [0.15, 0.2) is 47.4 Å². The highest BCUT2D eigenvalue weighted by atomic mass is 32.2. The van der Waals surface area contributed by atoms with Crippen LogP contribution in [0.1, 0.15) is 23.2 Å². The summed E-state index contributed by atoms with van der Waals surface area (Å²) in [6.07, 6.45) is 3.61. The van der Waals surface area contributed by atoms with Crippen molar-refractivity contribution in [3.63, 3.8) is 0 Å². The van der Waals surface area contributed by atoms with E-state index in [0.717, 1.165) is 17.7 Å². The molecule has 1 atom stereocenters. The summed E-state index contributed by atoms with van der Waals surface area (Å²) in [4.78, 5) is 28.5. The quantitative estimate of drug-likeness (QED) is 0.555. The van der Waals surface area contributed by atoms with E-state index < -0.39 is 0 Å². The van der Waals surface area contributed by atoms with Gasteiger partial charge in [0, 0.05) is 41.2 Å². The van der Waals surface area contributed by atoms with E-state index in [1.54, 1.807) is 49.1 Å². The Morgan fingerprint density at radius 2 is 1.79 bits per heavy atom. The number of carbonyl (C=O) groups excluding carboxylic acids is 2. The van der Waals surface area contributed by atoms with Crippen LogP contribution in [0.3, 0.4) is 0 Å². The molecule has 1 aliphatic heterocycles. The number of Topliss-reactive ketones (excluding diaryl/α,β-unsaturated/α-hetero) is 1. The molecular formula is C22H26N2O4S. The molecule has 1 aliphatic rings. The lowest BCUT2D eigenvalue weighted by atomic mass is 9.90. The van der Waals surface area contributed by atoms with Crippen LogP contribution in [-0.4, -0.2) is 50.3 Å². The van der Waals surface area contributed by atoms with Gasteiger partial charge in [-0.1, -0.05) is 12.1 Å². The lowest BCUT2D eigenvalue weighted by molar-refractivity contribution is 0.0851. The van der Waals surface area contributed by atoms with Crippen LogP contribution in [0.25, 0.3) is 0 Å². The summed E-state index contributed by atoms with van der Waals surface area (Å²) in [5, 5.41) is 2.89. The van der Waals surface area contributed by atoms with Gasteiger partial charge in [0.1, 0.15) is 0 Å². The second kappa shape index (κ2) is 9.69. The van der Waals surface area contributed by atoms with Crippen molar-refractivity contribution in [3.8, 4) is 11.5 Å². The summed E-state index contributed by atoms with van der Waals surface area (Å²) in [5.74, 6) is 1.06. The van der Waals surface area contributed by atoms with Crippen LogP contribution < -0.4 is 14.8 Å². The standard InChI is InChI=1S/C22H26N2O4S/c1-27-19-11-8-17(13-20(19)28-2)23-22(26)24-12-4-5-16(14-24)21(25)15-6-9-18(29-3)10-7-15/h6-11,13,16H,4-5,12,14H2,1-3H3,(H,23,26). The molecule has 0 radical (unpaired) electrons. The first-order chi connectivity index (χ1) is 14.0. The molecular weight excluding hydrogens is 388 g/mol. The fraction of sp³-hybridized carbons (Fsp3) is 0.364. The number of hydrogen-bond acceptors (Lipinski definition) is 5. The highest BCUT2D eigenvalue weighted by Gasteiger charge is 2.29. The van der Waals surface area contributed by atoms with Crippen LogP contribution in [0.2, 0.25) is 0 Å². The van der Waals surface area contributed by atoms with Gasteiger partial charge in [-0.05, 0) is 43.4 Å². The van der Waals surface area contributed by atoms with Crippen LogP contribution in [0.4, 0.5) is 10.5 Å². The Labute approximate surface area is 175 Å². The maximum Gasteiger partial charge on any atom is 0.321 e. The number of hydrogen-bond donors (Lipinski definition) is 1. The molecule has 1 heterocycles. The number of ether oxygens (including phenoxy) is 2. The molecule has 7 heteroatoms. The maximum atomic E-state index is 12.9. The lowest BCUT2D eigenvalue weighted by Gasteiger charge is -2.32. The second-order valence-electron chi connectivity index (χ2n) is 6.88. The summed E-state index contributed by atoms with van der Waals surface area (Å²) in [7, 11) is 3.12. The van der Waals surface area contributed by atoms with E-state index >= 15 is 0 Å². The number of anilines is 1. The first kappa shape index (κ1) is 21.0. The zero-order valence-electron chi connectivity index (χ0n) is 16.9. The Bertz CT molecular complexity index is 870. The first-order valence-electron chi connectivity index (χ1n) is 9.52. The predicted molar refractivity (Wildman–Crippen MR) is 115 cm³/mol. The molecule has 0 aliphatic carbocycles. The van der Waals surface area contributed by atoms with Crippen molar-refractivity contribution in [2.75, 3.05) is 38.9 Å². The number of nitrogens with zero attached hydrogens (tertiary/aromatic N) is 1. The Kier molecular flexibility index (Phi) is 7.04. The Morgan fingerprint density at radius 3 is 2.45 bits per heavy atom. The molecule has 29 heavy (non-hydrogen) atoms. The van der Waals surface area contributed by atoms with Crippen LogP contribution >= 0.6 is 11.8 Å². The van der Waals surface area contributed by atoms with Crippen molar-refractivity contribution in [3.05, 3.63) is 48.0 Å². The molecule has 3 rings (SSSR count). The summed E-state index contributed by atoms with van der Waals surface area (Å²) in [5.41, 5.74) is 1.32. The molecule has 0 bridgehead atoms. The van der Waals surface area contributed by atoms with E-state index in [9.17, 15) is 9.59 Å². The van der Waals surface area contributed by atoms with Gasteiger partial charge in [0.2, 0.25) is 0 Å². The van der Waals surface area contributed by atoms with Crippen LogP contribution in [0.5, 0.6) is 11.5 Å². The number of nitrogens with one attached hydrogen (secondary N) is 1. The fourth-order valence-corrected chi connectivity index (χ4v) is 3.89. The molecule has 2 amide bonds. The molecule has 0 spiro atoms. The molecule has 1 saturated heterocycles. The maximum absolute atomic E-state index is 12.9. The Morgan fingerprint density at radius 1 is 1.07 bits per heavy atom. The van der Waals surface area contributed by atoms with E-state index in [-0.39, 0.29) is 17.7 Å². The van der Waals surface area contributed by atoms with Gasteiger partial charge < -0.3 is 19.7 Å². The van der Waals surface area contributed by atoms with Crippen LogP contribution in [0, 0.1) is 5.92 Å². The molecule has 0 aromatic heterocycles. The van der Waals surface area contributed by atoms with Gasteiger partial charge in [0.15, 0.2) is 17.3 Å². The van der Waals surface area contributed by atoms with Gasteiger partial charge in [-0.15, -0.1) is 11.8 Å². The van der Waals surface area contributed by atoms with Crippen molar-refractivity contribution < 1.29 is 19.1 Å². The monoisotopic (exact) mass is 414 g/mol.